The summed E-state index contributed by atoms with van der Waals surface area (Å²) in [5, 5.41) is 6.76. The number of nitrogens with one attached hydrogen (secondary N) is 2. The topological polar surface area (TPSA) is 67.4 Å². The highest BCUT2D eigenvalue weighted by Crippen LogP contribution is 2.27. The summed E-state index contributed by atoms with van der Waals surface area (Å²) in [6.07, 6.45) is 0.845. The molecule has 0 radical (unpaired) electrons. The highest BCUT2D eigenvalue weighted by atomic mass is 16.5. The predicted octanol–water partition coefficient (Wildman–Crippen LogP) is 3.11. The van der Waals surface area contributed by atoms with Gasteiger partial charge in [-0.25, -0.2) is 0 Å². The first-order chi connectivity index (χ1) is 15.0. The first-order valence-corrected chi connectivity index (χ1v) is 10.6. The van der Waals surface area contributed by atoms with E-state index in [9.17, 15) is 0 Å². The minimum absolute atomic E-state index is 0.149. The van der Waals surface area contributed by atoms with Gasteiger partial charge in [0, 0.05) is 13.1 Å². The van der Waals surface area contributed by atoms with Crippen molar-refractivity contribution in [3.8, 4) is 17.2 Å². The van der Waals surface area contributed by atoms with Gasteiger partial charge in [-0.2, -0.15) is 0 Å². The van der Waals surface area contributed by atoms with Gasteiger partial charge in [0.2, 0.25) is 0 Å². The summed E-state index contributed by atoms with van der Waals surface area (Å²) in [6, 6.07) is 14.3. The molecule has 0 spiro atoms. The minimum atomic E-state index is 0.149. The van der Waals surface area contributed by atoms with Crippen LogP contribution in [-0.4, -0.2) is 65.9 Å². The van der Waals surface area contributed by atoms with E-state index in [0.29, 0.717) is 6.54 Å². The van der Waals surface area contributed by atoms with Gasteiger partial charge in [0.1, 0.15) is 5.75 Å². The molecule has 2 aromatic rings. The largest absolute Gasteiger partial charge is 0.497 e. The van der Waals surface area contributed by atoms with Crippen LogP contribution >= 0.6 is 0 Å². The van der Waals surface area contributed by atoms with E-state index in [2.05, 4.69) is 54.8 Å². The van der Waals surface area contributed by atoms with Crippen molar-refractivity contribution in [3.63, 3.8) is 0 Å². The maximum Gasteiger partial charge on any atom is 0.191 e. The summed E-state index contributed by atoms with van der Waals surface area (Å²) in [7, 11) is 9.12. The number of likely N-dealkylation sites (N-methyl/N-ethyl adjacent to an activating group) is 1. The molecular formula is C24H36N4O3. The first kappa shape index (κ1) is 24.3. The van der Waals surface area contributed by atoms with E-state index in [1.54, 1.807) is 21.3 Å². The van der Waals surface area contributed by atoms with Crippen LogP contribution in [0.25, 0.3) is 0 Å². The molecule has 0 fully saturated rings. The Morgan fingerprint density at radius 3 is 2.39 bits per heavy atom. The van der Waals surface area contributed by atoms with Crippen molar-refractivity contribution in [2.45, 2.75) is 19.4 Å². The van der Waals surface area contributed by atoms with Crippen molar-refractivity contribution in [1.29, 1.82) is 0 Å². The van der Waals surface area contributed by atoms with Gasteiger partial charge < -0.3 is 29.7 Å². The van der Waals surface area contributed by atoms with Gasteiger partial charge in [-0.1, -0.05) is 18.2 Å². The molecule has 1 atom stereocenters. The van der Waals surface area contributed by atoms with Gasteiger partial charge in [-0.05, 0) is 62.8 Å². The molecule has 7 nitrogen and oxygen atoms in total. The summed E-state index contributed by atoms with van der Waals surface area (Å²) in [5.41, 5.74) is 2.35. The highest BCUT2D eigenvalue weighted by Gasteiger charge is 2.15. The molecule has 0 saturated carbocycles. The molecule has 0 heterocycles. The van der Waals surface area contributed by atoms with Crippen LogP contribution in [0.2, 0.25) is 0 Å². The van der Waals surface area contributed by atoms with Gasteiger partial charge in [0.15, 0.2) is 17.5 Å². The average Bonchev–Trinajstić information content (AvgIpc) is 2.78. The summed E-state index contributed by atoms with van der Waals surface area (Å²) in [4.78, 5) is 7.00. The zero-order valence-electron chi connectivity index (χ0n) is 19.6. The van der Waals surface area contributed by atoms with Crippen molar-refractivity contribution >= 4 is 5.96 Å². The fraction of sp³-hybridized carbons (Fsp3) is 0.458. The summed E-state index contributed by atoms with van der Waals surface area (Å²) >= 11 is 0. The standard InChI is InChI=1S/C24H36N4O3/c1-7-25-24(26-14-13-18-11-12-22(30-5)23(15-18)31-6)27-17-21(28(2)3)19-9-8-10-20(16-19)29-4/h8-12,15-16,21H,7,13-14,17H2,1-6H3,(H2,25,26,27). The molecule has 0 bridgehead atoms. The van der Waals surface area contributed by atoms with Gasteiger partial charge >= 0.3 is 0 Å². The third-order valence-electron chi connectivity index (χ3n) is 5.02. The maximum absolute atomic E-state index is 5.39. The predicted molar refractivity (Wildman–Crippen MR) is 127 cm³/mol. The fourth-order valence-electron chi connectivity index (χ4n) is 3.30. The Morgan fingerprint density at radius 1 is 0.968 bits per heavy atom. The number of aliphatic imine (C=N–C) groups is 1. The second-order valence-electron chi connectivity index (χ2n) is 7.34. The Labute approximate surface area is 186 Å². The lowest BCUT2D eigenvalue weighted by Gasteiger charge is -2.24. The monoisotopic (exact) mass is 428 g/mol. The Balaban J connectivity index is 2.03. The third kappa shape index (κ3) is 7.36. The van der Waals surface area contributed by atoms with Crippen molar-refractivity contribution in [3.05, 3.63) is 53.6 Å². The number of hydrogen-bond acceptors (Lipinski definition) is 5. The summed E-state index contributed by atoms with van der Waals surface area (Å²) < 4.78 is 16.1. The van der Waals surface area contributed by atoms with Crippen LogP contribution in [0, 0.1) is 0 Å². The van der Waals surface area contributed by atoms with Gasteiger partial charge in [0.05, 0.1) is 33.9 Å². The second kappa shape index (κ2) is 12.7. The van der Waals surface area contributed by atoms with Crippen LogP contribution in [0.3, 0.4) is 0 Å². The SMILES string of the molecule is CCNC(=NCC(c1cccc(OC)c1)N(C)C)NCCc1ccc(OC)c(OC)c1. The highest BCUT2D eigenvalue weighted by molar-refractivity contribution is 5.79. The molecule has 7 heteroatoms. The number of hydrogen-bond donors (Lipinski definition) is 2. The summed E-state index contributed by atoms with van der Waals surface area (Å²) in [6.45, 7) is 4.25. The fourth-order valence-corrected chi connectivity index (χ4v) is 3.30. The van der Waals surface area contributed by atoms with E-state index < -0.39 is 0 Å². The smallest absolute Gasteiger partial charge is 0.191 e. The number of rotatable bonds is 11. The Morgan fingerprint density at radius 2 is 1.74 bits per heavy atom. The number of benzene rings is 2. The molecule has 31 heavy (non-hydrogen) atoms. The van der Waals surface area contributed by atoms with Crippen LogP contribution in [-0.2, 0) is 6.42 Å². The molecule has 0 aliphatic heterocycles. The molecule has 0 aromatic heterocycles. The molecule has 0 aliphatic carbocycles. The molecule has 2 rings (SSSR count). The van der Waals surface area contributed by atoms with E-state index in [1.165, 1.54) is 11.1 Å². The van der Waals surface area contributed by atoms with E-state index in [-0.39, 0.29) is 6.04 Å². The number of guanidine groups is 1. The first-order valence-electron chi connectivity index (χ1n) is 10.6. The van der Waals surface area contributed by atoms with Crippen LogP contribution in [0.15, 0.2) is 47.5 Å². The molecule has 0 amide bonds. The third-order valence-corrected chi connectivity index (χ3v) is 5.02. The minimum Gasteiger partial charge on any atom is -0.497 e. The molecule has 0 saturated heterocycles. The van der Waals surface area contributed by atoms with Crippen molar-refractivity contribution in [2.24, 2.45) is 4.99 Å². The molecule has 2 N–H and O–H groups in total. The number of ether oxygens (including phenoxy) is 3. The van der Waals surface area contributed by atoms with Crippen molar-refractivity contribution in [2.75, 3.05) is 55.1 Å². The maximum atomic E-state index is 5.39. The zero-order chi connectivity index (χ0) is 22.6. The molecule has 0 aliphatic rings. The molecule has 1 unspecified atom stereocenters. The van der Waals surface area contributed by atoms with E-state index in [0.717, 1.165) is 42.7 Å². The lowest BCUT2D eigenvalue weighted by atomic mass is 10.1. The van der Waals surface area contributed by atoms with E-state index >= 15 is 0 Å². The lowest BCUT2D eigenvalue weighted by molar-refractivity contribution is 0.305. The molecule has 2 aromatic carbocycles. The van der Waals surface area contributed by atoms with Crippen LogP contribution in [0.1, 0.15) is 24.1 Å². The lowest BCUT2D eigenvalue weighted by Crippen LogP contribution is -2.39. The van der Waals surface area contributed by atoms with E-state index in [1.807, 2.05) is 24.3 Å². The zero-order valence-corrected chi connectivity index (χ0v) is 19.6. The van der Waals surface area contributed by atoms with Crippen LogP contribution < -0.4 is 24.8 Å². The second-order valence-corrected chi connectivity index (χ2v) is 7.34. The quantitative estimate of drug-likeness (QED) is 0.423. The Bertz CT molecular complexity index is 839. The Hall–Kier alpha value is -2.93. The van der Waals surface area contributed by atoms with Gasteiger partial charge in [0.25, 0.3) is 0 Å². The Kier molecular flexibility index (Phi) is 9.97. The van der Waals surface area contributed by atoms with Crippen molar-refractivity contribution < 1.29 is 14.2 Å². The van der Waals surface area contributed by atoms with Crippen molar-refractivity contribution in [1.82, 2.24) is 15.5 Å². The van der Waals surface area contributed by atoms with Crippen LogP contribution in [0.4, 0.5) is 0 Å². The average molecular weight is 429 g/mol. The molecular weight excluding hydrogens is 392 g/mol. The number of nitrogens with zero attached hydrogens (tertiary/aromatic N) is 2. The summed E-state index contributed by atoms with van der Waals surface area (Å²) in [5.74, 6) is 3.14. The normalized spacial score (nSPS) is 12.4. The van der Waals surface area contributed by atoms with Gasteiger partial charge in [-0.3, -0.25) is 4.99 Å². The van der Waals surface area contributed by atoms with Gasteiger partial charge in [-0.15, -0.1) is 0 Å². The van der Waals surface area contributed by atoms with Crippen LogP contribution in [0.5, 0.6) is 17.2 Å². The number of methoxy groups -OCH3 is 3. The van der Waals surface area contributed by atoms with E-state index in [4.69, 9.17) is 19.2 Å². The molecule has 170 valence electrons.